The SMILES string of the molecule is Cc1cccc(OCCNC(=O)COc2ccc(Cl)c(C)c2)c1. The van der Waals surface area contributed by atoms with E-state index in [2.05, 4.69) is 5.32 Å². The largest absolute Gasteiger partial charge is 0.492 e. The van der Waals surface area contributed by atoms with E-state index in [-0.39, 0.29) is 12.5 Å². The van der Waals surface area contributed by atoms with Crippen molar-refractivity contribution in [3.63, 3.8) is 0 Å². The molecule has 0 aliphatic rings. The number of ether oxygens (including phenoxy) is 2. The molecule has 122 valence electrons. The first-order valence-corrected chi connectivity index (χ1v) is 7.77. The smallest absolute Gasteiger partial charge is 0.258 e. The predicted molar refractivity (Wildman–Crippen MR) is 91.4 cm³/mol. The second kappa shape index (κ2) is 8.44. The summed E-state index contributed by atoms with van der Waals surface area (Å²) in [6, 6.07) is 13.1. The van der Waals surface area contributed by atoms with E-state index in [1.165, 1.54) is 0 Å². The van der Waals surface area contributed by atoms with Gasteiger partial charge in [-0.25, -0.2) is 0 Å². The van der Waals surface area contributed by atoms with E-state index >= 15 is 0 Å². The molecule has 1 N–H and O–H groups in total. The zero-order chi connectivity index (χ0) is 16.7. The van der Waals surface area contributed by atoms with Gasteiger partial charge in [-0.1, -0.05) is 23.7 Å². The summed E-state index contributed by atoms with van der Waals surface area (Å²) in [5, 5.41) is 3.42. The molecule has 0 heterocycles. The van der Waals surface area contributed by atoms with Crippen LogP contribution in [0.15, 0.2) is 42.5 Å². The molecule has 4 nitrogen and oxygen atoms in total. The summed E-state index contributed by atoms with van der Waals surface area (Å²) in [4.78, 5) is 11.7. The lowest BCUT2D eigenvalue weighted by molar-refractivity contribution is -0.123. The fourth-order valence-corrected chi connectivity index (χ4v) is 2.09. The lowest BCUT2D eigenvalue weighted by atomic mass is 10.2. The van der Waals surface area contributed by atoms with Crippen molar-refractivity contribution in [3.05, 3.63) is 58.6 Å². The van der Waals surface area contributed by atoms with Crippen LogP contribution in [0.25, 0.3) is 0 Å². The van der Waals surface area contributed by atoms with Crippen LogP contribution in [0.2, 0.25) is 5.02 Å². The maximum Gasteiger partial charge on any atom is 0.258 e. The van der Waals surface area contributed by atoms with Gasteiger partial charge in [0.1, 0.15) is 18.1 Å². The Morgan fingerprint density at radius 2 is 1.87 bits per heavy atom. The van der Waals surface area contributed by atoms with Crippen LogP contribution in [-0.4, -0.2) is 25.7 Å². The molecular weight excluding hydrogens is 314 g/mol. The van der Waals surface area contributed by atoms with Crippen LogP contribution in [0.4, 0.5) is 0 Å². The molecule has 0 bridgehead atoms. The number of rotatable bonds is 7. The molecular formula is C18H20ClNO3. The van der Waals surface area contributed by atoms with Crippen LogP contribution in [0.1, 0.15) is 11.1 Å². The molecule has 0 aromatic heterocycles. The van der Waals surface area contributed by atoms with Crippen molar-refractivity contribution in [1.29, 1.82) is 0 Å². The topological polar surface area (TPSA) is 47.6 Å². The number of hydrogen-bond acceptors (Lipinski definition) is 3. The molecule has 0 saturated heterocycles. The van der Waals surface area contributed by atoms with Crippen molar-refractivity contribution in [2.45, 2.75) is 13.8 Å². The van der Waals surface area contributed by atoms with Gasteiger partial charge >= 0.3 is 0 Å². The highest BCUT2D eigenvalue weighted by Crippen LogP contribution is 2.20. The van der Waals surface area contributed by atoms with Gasteiger partial charge in [0, 0.05) is 5.02 Å². The number of aryl methyl sites for hydroxylation is 2. The first-order chi connectivity index (χ1) is 11.0. The van der Waals surface area contributed by atoms with Gasteiger partial charge in [-0.05, 0) is 55.3 Å². The fourth-order valence-electron chi connectivity index (χ4n) is 1.97. The van der Waals surface area contributed by atoms with Gasteiger partial charge in [-0.15, -0.1) is 0 Å². The molecule has 0 saturated carbocycles. The van der Waals surface area contributed by atoms with Crippen molar-refractivity contribution >= 4 is 17.5 Å². The highest BCUT2D eigenvalue weighted by molar-refractivity contribution is 6.31. The van der Waals surface area contributed by atoms with Gasteiger partial charge in [0.05, 0.1) is 6.54 Å². The Bertz CT molecular complexity index is 673. The van der Waals surface area contributed by atoms with Gasteiger partial charge in [0.15, 0.2) is 6.61 Å². The van der Waals surface area contributed by atoms with E-state index in [0.29, 0.717) is 23.9 Å². The monoisotopic (exact) mass is 333 g/mol. The first kappa shape index (κ1) is 17.2. The molecule has 2 aromatic carbocycles. The molecule has 1 amide bonds. The minimum Gasteiger partial charge on any atom is -0.492 e. The average Bonchev–Trinajstić information content (AvgIpc) is 2.53. The van der Waals surface area contributed by atoms with Crippen molar-refractivity contribution in [2.75, 3.05) is 19.8 Å². The van der Waals surface area contributed by atoms with Crippen molar-refractivity contribution < 1.29 is 14.3 Å². The third-order valence-corrected chi connectivity index (χ3v) is 3.61. The zero-order valence-electron chi connectivity index (χ0n) is 13.3. The lowest BCUT2D eigenvalue weighted by Gasteiger charge is -2.10. The molecule has 0 aliphatic heterocycles. The normalized spacial score (nSPS) is 10.2. The standard InChI is InChI=1S/C18H20ClNO3/c1-13-4-3-5-15(10-13)22-9-8-20-18(21)12-23-16-6-7-17(19)14(2)11-16/h3-7,10-11H,8-9,12H2,1-2H3,(H,20,21). The maximum absolute atomic E-state index is 11.7. The second-order valence-electron chi connectivity index (χ2n) is 5.21. The quantitative estimate of drug-likeness (QED) is 0.788. The third kappa shape index (κ3) is 5.83. The summed E-state index contributed by atoms with van der Waals surface area (Å²) in [6.45, 7) is 4.69. The van der Waals surface area contributed by atoms with Gasteiger partial charge in [-0.3, -0.25) is 4.79 Å². The van der Waals surface area contributed by atoms with Crippen LogP contribution >= 0.6 is 11.6 Å². The Morgan fingerprint density at radius 1 is 1.09 bits per heavy atom. The summed E-state index contributed by atoms with van der Waals surface area (Å²) in [6.07, 6.45) is 0. The number of benzene rings is 2. The Hall–Kier alpha value is -2.20. The first-order valence-electron chi connectivity index (χ1n) is 7.40. The molecule has 23 heavy (non-hydrogen) atoms. The molecule has 0 unspecified atom stereocenters. The second-order valence-corrected chi connectivity index (χ2v) is 5.62. The van der Waals surface area contributed by atoms with Gasteiger partial charge in [-0.2, -0.15) is 0 Å². The van der Waals surface area contributed by atoms with Crippen molar-refractivity contribution in [2.24, 2.45) is 0 Å². The van der Waals surface area contributed by atoms with Gasteiger partial charge < -0.3 is 14.8 Å². The Kier molecular flexibility index (Phi) is 6.29. The Balaban J connectivity index is 1.66. The fraction of sp³-hybridized carbons (Fsp3) is 0.278. The number of carbonyl (C=O) groups is 1. The number of amides is 1. The third-order valence-electron chi connectivity index (χ3n) is 3.18. The van der Waals surface area contributed by atoms with E-state index in [4.69, 9.17) is 21.1 Å². The lowest BCUT2D eigenvalue weighted by Crippen LogP contribution is -2.32. The van der Waals surface area contributed by atoms with E-state index in [1.807, 2.05) is 38.1 Å². The highest BCUT2D eigenvalue weighted by Gasteiger charge is 2.04. The molecule has 2 aromatic rings. The minimum absolute atomic E-state index is 0.0362. The summed E-state index contributed by atoms with van der Waals surface area (Å²) < 4.78 is 11.0. The van der Waals surface area contributed by atoms with E-state index < -0.39 is 0 Å². The summed E-state index contributed by atoms with van der Waals surface area (Å²) >= 11 is 5.94. The van der Waals surface area contributed by atoms with Crippen molar-refractivity contribution in [3.8, 4) is 11.5 Å². The number of carbonyl (C=O) groups excluding carboxylic acids is 1. The van der Waals surface area contributed by atoms with Crippen LogP contribution < -0.4 is 14.8 Å². The van der Waals surface area contributed by atoms with Gasteiger partial charge in [0.2, 0.25) is 0 Å². The summed E-state index contributed by atoms with van der Waals surface area (Å²) in [5.74, 6) is 1.23. The maximum atomic E-state index is 11.7. The van der Waals surface area contributed by atoms with Crippen LogP contribution in [-0.2, 0) is 4.79 Å². The number of halogens is 1. The number of nitrogens with one attached hydrogen (secondary N) is 1. The van der Waals surface area contributed by atoms with E-state index in [9.17, 15) is 4.79 Å². The molecule has 5 heteroatoms. The minimum atomic E-state index is -0.189. The highest BCUT2D eigenvalue weighted by atomic mass is 35.5. The van der Waals surface area contributed by atoms with E-state index in [1.54, 1.807) is 18.2 Å². The summed E-state index contributed by atoms with van der Waals surface area (Å²) in [7, 11) is 0. The van der Waals surface area contributed by atoms with Gasteiger partial charge in [0.25, 0.3) is 5.91 Å². The van der Waals surface area contributed by atoms with E-state index in [0.717, 1.165) is 16.9 Å². The Morgan fingerprint density at radius 3 is 2.61 bits per heavy atom. The Labute approximate surface area is 141 Å². The predicted octanol–water partition coefficient (Wildman–Crippen LogP) is 3.53. The van der Waals surface area contributed by atoms with Crippen LogP contribution in [0.3, 0.4) is 0 Å². The van der Waals surface area contributed by atoms with Crippen molar-refractivity contribution in [1.82, 2.24) is 5.32 Å². The zero-order valence-corrected chi connectivity index (χ0v) is 14.0. The number of hydrogen-bond donors (Lipinski definition) is 1. The molecule has 0 aliphatic carbocycles. The molecule has 0 atom stereocenters. The average molecular weight is 334 g/mol. The summed E-state index contributed by atoms with van der Waals surface area (Å²) in [5.41, 5.74) is 2.05. The van der Waals surface area contributed by atoms with Crippen LogP contribution in [0, 0.1) is 13.8 Å². The molecule has 0 fully saturated rings. The molecule has 0 radical (unpaired) electrons. The van der Waals surface area contributed by atoms with Crippen LogP contribution in [0.5, 0.6) is 11.5 Å². The molecule has 2 rings (SSSR count). The molecule has 0 spiro atoms.